The van der Waals surface area contributed by atoms with Gasteiger partial charge in [-0.05, 0) is 37.1 Å². The lowest BCUT2D eigenvalue weighted by Crippen LogP contribution is -2.36. The van der Waals surface area contributed by atoms with Crippen molar-refractivity contribution in [1.29, 1.82) is 0 Å². The summed E-state index contributed by atoms with van der Waals surface area (Å²) in [4.78, 5) is 14.9. The van der Waals surface area contributed by atoms with Gasteiger partial charge in [0.2, 0.25) is 10.0 Å². The van der Waals surface area contributed by atoms with Crippen LogP contribution in [0.5, 0.6) is 0 Å². The molecule has 2 saturated heterocycles. The molecule has 2 fully saturated rings. The summed E-state index contributed by atoms with van der Waals surface area (Å²) >= 11 is 1.24. The fraction of sp³-hybridized carbons (Fsp3) is 0.643. The van der Waals surface area contributed by atoms with Gasteiger partial charge in [-0.3, -0.25) is 4.79 Å². The fourth-order valence-corrected chi connectivity index (χ4v) is 5.84. The van der Waals surface area contributed by atoms with Crippen LogP contribution < -0.4 is 0 Å². The molecular weight excluding hydrogens is 308 g/mol. The normalized spacial score (nSPS) is 20.9. The monoisotopic (exact) mass is 328 g/mol. The second-order valence-corrected chi connectivity index (χ2v) is 8.40. The van der Waals surface area contributed by atoms with Gasteiger partial charge in [-0.15, -0.1) is 11.3 Å². The number of carbonyl (C=O) groups excluding carboxylic acids is 1. The minimum absolute atomic E-state index is 0.127. The number of hydrogen-bond donors (Lipinski definition) is 0. The Morgan fingerprint density at radius 1 is 1.00 bits per heavy atom. The average molecular weight is 328 g/mol. The van der Waals surface area contributed by atoms with Crippen molar-refractivity contribution >= 4 is 27.3 Å². The summed E-state index contributed by atoms with van der Waals surface area (Å²) in [5.41, 5.74) is 0. The molecule has 3 rings (SSSR count). The van der Waals surface area contributed by atoms with Crippen LogP contribution in [0.4, 0.5) is 0 Å². The van der Waals surface area contributed by atoms with Gasteiger partial charge < -0.3 is 4.90 Å². The summed E-state index contributed by atoms with van der Waals surface area (Å²) in [6.45, 7) is 2.60. The van der Waals surface area contributed by atoms with Gasteiger partial charge in [-0.2, -0.15) is 4.31 Å². The highest BCUT2D eigenvalue weighted by molar-refractivity contribution is 7.89. The molecule has 0 unspecified atom stereocenters. The molecule has 0 aromatic carbocycles. The zero-order valence-electron chi connectivity index (χ0n) is 12.0. The first-order valence-corrected chi connectivity index (χ1v) is 9.79. The topological polar surface area (TPSA) is 57.7 Å². The standard InChI is InChI=1S/C14H20N2O3S2/c17-14(15-7-4-5-8-15)13-12(6-11-20-13)21(18,19)16-9-2-1-3-10-16/h6,11H,1-5,7-10H2. The lowest BCUT2D eigenvalue weighted by atomic mass is 10.2. The molecule has 1 aromatic rings. The highest BCUT2D eigenvalue weighted by Gasteiger charge is 2.32. The third-order valence-electron chi connectivity index (χ3n) is 4.15. The molecule has 3 heterocycles. The number of thiophene rings is 1. The van der Waals surface area contributed by atoms with Crippen LogP contribution >= 0.6 is 11.3 Å². The van der Waals surface area contributed by atoms with E-state index in [-0.39, 0.29) is 10.8 Å². The molecule has 5 nitrogen and oxygen atoms in total. The summed E-state index contributed by atoms with van der Waals surface area (Å²) in [5, 5.41) is 1.71. The van der Waals surface area contributed by atoms with Crippen LogP contribution in [0.2, 0.25) is 0 Å². The van der Waals surface area contributed by atoms with Crippen molar-refractivity contribution in [2.24, 2.45) is 0 Å². The third kappa shape index (κ3) is 2.86. The Hall–Kier alpha value is -0.920. The van der Waals surface area contributed by atoms with Crippen LogP contribution in [0.25, 0.3) is 0 Å². The van der Waals surface area contributed by atoms with E-state index in [1.165, 1.54) is 15.6 Å². The van der Waals surface area contributed by atoms with Crippen LogP contribution in [0, 0.1) is 0 Å². The van der Waals surface area contributed by atoms with E-state index >= 15 is 0 Å². The van der Waals surface area contributed by atoms with Crippen LogP contribution in [0.3, 0.4) is 0 Å². The predicted molar refractivity (Wildman–Crippen MR) is 82.1 cm³/mol. The molecular formula is C14H20N2O3S2. The van der Waals surface area contributed by atoms with Crippen molar-refractivity contribution in [3.63, 3.8) is 0 Å². The molecule has 2 aliphatic rings. The molecule has 0 aliphatic carbocycles. The lowest BCUT2D eigenvalue weighted by molar-refractivity contribution is 0.0794. The smallest absolute Gasteiger partial charge is 0.265 e. The molecule has 0 N–H and O–H groups in total. The first-order valence-electron chi connectivity index (χ1n) is 7.47. The van der Waals surface area contributed by atoms with Gasteiger partial charge in [0, 0.05) is 26.2 Å². The van der Waals surface area contributed by atoms with E-state index in [1.807, 2.05) is 0 Å². The molecule has 7 heteroatoms. The molecule has 21 heavy (non-hydrogen) atoms. The quantitative estimate of drug-likeness (QED) is 0.854. The number of sulfonamides is 1. The molecule has 0 spiro atoms. The Balaban J connectivity index is 1.88. The van der Waals surface area contributed by atoms with Crippen molar-refractivity contribution in [2.75, 3.05) is 26.2 Å². The highest BCUT2D eigenvalue weighted by Crippen LogP contribution is 2.29. The maximum atomic E-state index is 12.8. The van der Waals surface area contributed by atoms with Crippen LogP contribution in [-0.4, -0.2) is 49.7 Å². The van der Waals surface area contributed by atoms with Gasteiger partial charge in [0.1, 0.15) is 9.77 Å². The molecule has 0 atom stereocenters. The first-order chi connectivity index (χ1) is 10.1. The molecule has 1 aromatic heterocycles. The number of nitrogens with zero attached hydrogens (tertiary/aromatic N) is 2. The van der Waals surface area contributed by atoms with E-state index in [0.29, 0.717) is 18.0 Å². The minimum atomic E-state index is -3.53. The minimum Gasteiger partial charge on any atom is -0.338 e. The summed E-state index contributed by atoms with van der Waals surface area (Å²) in [5.74, 6) is -0.127. The van der Waals surface area contributed by atoms with Gasteiger partial charge in [0.15, 0.2) is 0 Å². The van der Waals surface area contributed by atoms with Crippen molar-refractivity contribution in [3.05, 3.63) is 16.3 Å². The number of hydrogen-bond acceptors (Lipinski definition) is 4. The Bertz CT molecular complexity index is 612. The van der Waals surface area contributed by atoms with E-state index in [2.05, 4.69) is 0 Å². The van der Waals surface area contributed by atoms with Crippen molar-refractivity contribution in [3.8, 4) is 0 Å². The van der Waals surface area contributed by atoms with Gasteiger partial charge in [0.25, 0.3) is 5.91 Å². The molecule has 2 aliphatic heterocycles. The van der Waals surface area contributed by atoms with E-state index in [1.54, 1.807) is 16.3 Å². The molecule has 0 radical (unpaired) electrons. The number of rotatable bonds is 3. The van der Waals surface area contributed by atoms with Crippen LogP contribution in [0.15, 0.2) is 16.3 Å². The highest BCUT2D eigenvalue weighted by atomic mass is 32.2. The maximum Gasteiger partial charge on any atom is 0.265 e. The van der Waals surface area contributed by atoms with Gasteiger partial charge in [-0.25, -0.2) is 8.42 Å². The van der Waals surface area contributed by atoms with E-state index < -0.39 is 10.0 Å². The summed E-state index contributed by atoms with van der Waals surface area (Å²) in [6.07, 6.45) is 4.89. The van der Waals surface area contributed by atoms with Gasteiger partial charge >= 0.3 is 0 Å². The van der Waals surface area contributed by atoms with E-state index in [4.69, 9.17) is 0 Å². The molecule has 0 saturated carbocycles. The fourth-order valence-electron chi connectivity index (χ4n) is 2.96. The Labute approximate surface area is 129 Å². The predicted octanol–water partition coefficient (Wildman–Crippen LogP) is 2.16. The summed E-state index contributed by atoms with van der Waals surface area (Å²) < 4.78 is 27.0. The lowest BCUT2D eigenvalue weighted by Gasteiger charge is -2.26. The van der Waals surface area contributed by atoms with Gasteiger partial charge in [0.05, 0.1) is 0 Å². The van der Waals surface area contributed by atoms with E-state index in [0.717, 1.165) is 45.2 Å². The molecule has 116 valence electrons. The zero-order valence-corrected chi connectivity index (χ0v) is 13.6. The van der Waals surface area contributed by atoms with E-state index in [9.17, 15) is 13.2 Å². The largest absolute Gasteiger partial charge is 0.338 e. The average Bonchev–Trinajstić information content (AvgIpc) is 3.19. The summed E-state index contributed by atoms with van der Waals surface area (Å²) in [7, 11) is -3.53. The molecule has 1 amide bonds. The van der Waals surface area contributed by atoms with Crippen molar-refractivity contribution < 1.29 is 13.2 Å². The van der Waals surface area contributed by atoms with Crippen LogP contribution in [-0.2, 0) is 10.0 Å². The Morgan fingerprint density at radius 2 is 1.62 bits per heavy atom. The second-order valence-electron chi connectivity index (χ2n) is 5.58. The number of likely N-dealkylation sites (tertiary alicyclic amines) is 1. The molecule has 0 bridgehead atoms. The third-order valence-corrected chi connectivity index (χ3v) is 7.12. The Morgan fingerprint density at radius 3 is 2.29 bits per heavy atom. The van der Waals surface area contributed by atoms with Crippen LogP contribution in [0.1, 0.15) is 41.8 Å². The summed E-state index contributed by atoms with van der Waals surface area (Å²) in [6, 6.07) is 1.58. The Kier molecular flexibility index (Phi) is 4.33. The van der Waals surface area contributed by atoms with Crippen molar-refractivity contribution in [1.82, 2.24) is 9.21 Å². The zero-order chi connectivity index (χ0) is 14.9. The first kappa shape index (κ1) is 15.0. The second kappa shape index (κ2) is 6.06. The number of carbonyl (C=O) groups is 1. The number of amides is 1. The number of piperidine rings is 1. The SMILES string of the molecule is O=C(c1sccc1S(=O)(=O)N1CCCCC1)N1CCCC1. The van der Waals surface area contributed by atoms with Gasteiger partial charge in [-0.1, -0.05) is 6.42 Å². The maximum absolute atomic E-state index is 12.8. The van der Waals surface area contributed by atoms with Crippen molar-refractivity contribution in [2.45, 2.75) is 37.0 Å².